The van der Waals surface area contributed by atoms with E-state index in [-0.39, 0.29) is 25.2 Å². The van der Waals surface area contributed by atoms with Crippen molar-refractivity contribution in [2.24, 2.45) is 0 Å². The van der Waals surface area contributed by atoms with Gasteiger partial charge < -0.3 is 20.2 Å². The van der Waals surface area contributed by atoms with Gasteiger partial charge in [-0.05, 0) is 6.07 Å². The molecule has 1 amide bonds. The van der Waals surface area contributed by atoms with Crippen molar-refractivity contribution in [2.75, 3.05) is 32.7 Å². The molecule has 0 aromatic heterocycles. The van der Waals surface area contributed by atoms with E-state index in [1.54, 1.807) is 4.90 Å². The summed E-state index contributed by atoms with van der Waals surface area (Å²) in [7, 11) is 0. The summed E-state index contributed by atoms with van der Waals surface area (Å²) >= 11 is 0. The first-order chi connectivity index (χ1) is 10.8. The van der Waals surface area contributed by atoms with Gasteiger partial charge in [0, 0.05) is 37.8 Å². The van der Waals surface area contributed by atoms with Gasteiger partial charge in [0.25, 0.3) is 0 Å². The molecule has 0 saturated carbocycles. The van der Waals surface area contributed by atoms with Crippen LogP contribution in [-0.4, -0.2) is 74.6 Å². The Morgan fingerprint density at radius 2 is 1.78 bits per heavy atom. The molecule has 0 atom stereocenters. The number of ketones is 1. The number of benzene rings is 1. The summed E-state index contributed by atoms with van der Waals surface area (Å²) in [6.07, 6.45) is -1.02. The number of carbonyl (C=O) groups is 2. The number of hydrogen-bond donors (Lipinski definition) is 3. The quantitative estimate of drug-likeness (QED) is 0.314. The van der Waals surface area contributed by atoms with Crippen LogP contribution >= 0.6 is 0 Å². The van der Waals surface area contributed by atoms with Crippen LogP contribution in [0.15, 0.2) is 12.1 Å². The van der Waals surface area contributed by atoms with Crippen LogP contribution in [0.3, 0.4) is 0 Å². The van der Waals surface area contributed by atoms with Crippen LogP contribution in [0.5, 0.6) is 11.5 Å². The zero-order valence-electron chi connectivity index (χ0n) is 12.0. The van der Waals surface area contributed by atoms with E-state index >= 15 is 0 Å². The maximum atomic E-state index is 12.2. The largest absolute Gasteiger partial charge is 0.504 e. The van der Waals surface area contributed by atoms with Crippen LogP contribution in [0.4, 0.5) is 10.5 Å². The molecule has 1 heterocycles. The van der Waals surface area contributed by atoms with Crippen molar-refractivity contribution < 1.29 is 29.8 Å². The number of phenolic OH excluding ortho intramolecular Hbond substituents is 2. The molecule has 0 radical (unpaired) electrons. The fourth-order valence-electron chi connectivity index (χ4n) is 2.30. The van der Waals surface area contributed by atoms with Crippen molar-refractivity contribution in [1.29, 1.82) is 0 Å². The van der Waals surface area contributed by atoms with Crippen molar-refractivity contribution in [3.8, 4) is 11.5 Å². The molecule has 0 bridgehead atoms. The van der Waals surface area contributed by atoms with Gasteiger partial charge in [-0.15, -0.1) is 0 Å². The van der Waals surface area contributed by atoms with E-state index in [0.29, 0.717) is 13.1 Å². The highest BCUT2D eigenvalue weighted by Crippen LogP contribution is 2.36. The monoisotopic (exact) mass is 325 g/mol. The second kappa shape index (κ2) is 6.48. The number of aromatic hydroxyl groups is 2. The van der Waals surface area contributed by atoms with Gasteiger partial charge >= 0.3 is 11.8 Å². The van der Waals surface area contributed by atoms with Gasteiger partial charge in [-0.2, -0.15) is 0 Å². The van der Waals surface area contributed by atoms with E-state index in [2.05, 4.69) is 0 Å². The number of nitrogens with zero attached hydrogens (tertiary/aromatic N) is 3. The molecule has 1 aromatic carbocycles. The van der Waals surface area contributed by atoms with Crippen LogP contribution in [0.1, 0.15) is 10.4 Å². The maximum absolute atomic E-state index is 12.2. The SMILES string of the molecule is O=C(CN1CCN(C(=O)O)CC1)c1cc(O)c(O)c([N+](=O)[O-])c1. The van der Waals surface area contributed by atoms with E-state index in [9.17, 15) is 29.9 Å². The minimum absolute atomic E-state index is 0.0607. The average molecular weight is 325 g/mol. The number of hydrogen-bond acceptors (Lipinski definition) is 7. The Morgan fingerprint density at radius 1 is 1.17 bits per heavy atom. The Hall–Kier alpha value is -2.88. The summed E-state index contributed by atoms with van der Waals surface area (Å²) in [5.74, 6) is -2.09. The van der Waals surface area contributed by atoms with E-state index in [0.717, 1.165) is 12.1 Å². The minimum atomic E-state index is -1.02. The fraction of sp³-hybridized carbons (Fsp3) is 0.385. The number of amides is 1. The summed E-state index contributed by atoms with van der Waals surface area (Å²) in [6, 6.07) is 1.88. The summed E-state index contributed by atoms with van der Waals surface area (Å²) in [6.45, 7) is 1.20. The highest BCUT2D eigenvalue weighted by Gasteiger charge is 2.25. The summed E-state index contributed by atoms with van der Waals surface area (Å²) in [5, 5.41) is 38.5. The Bertz CT molecular complexity index is 653. The van der Waals surface area contributed by atoms with Gasteiger partial charge in [-0.3, -0.25) is 19.8 Å². The number of Topliss-reactive ketones (excluding diaryl/α,β-unsaturated/α-hetero) is 1. The van der Waals surface area contributed by atoms with Gasteiger partial charge in [0.05, 0.1) is 11.5 Å². The third-order valence-electron chi connectivity index (χ3n) is 3.60. The second-order valence-corrected chi connectivity index (χ2v) is 5.09. The van der Waals surface area contributed by atoms with Crippen molar-refractivity contribution in [3.05, 3.63) is 27.8 Å². The third-order valence-corrected chi connectivity index (χ3v) is 3.60. The summed E-state index contributed by atoms with van der Waals surface area (Å²) in [4.78, 5) is 35.8. The van der Waals surface area contributed by atoms with Crippen molar-refractivity contribution in [3.63, 3.8) is 0 Å². The van der Waals surface area contributed by atoms with Gasteiger partial charge in [0.2, 0.25) is 5.75 Å². The molecule has 0 spiro atoms. The highest BCUT2D eigenvalue weighted by molar-refractivity contribution is 5.99. The number of carboxylic acid groups (broad SMARTS) is 1. The Balaban J connectivity index is 2.07. The van der Waals surface area contributed by atoms with E-state index in [1.807, 2.05) is 0 Å². The molecule has 2 rings (SSSR count). The first-order valence-corrected chi connectivity index (χ1v) is 6.73. The molecular formula is C13H15N3O7. The fourth-order valence-corrected chi connectivity index (χ4v) is 2.30. The number of phenols is 2. The predicted octanol–water partition coefficient (Wildman–Crippen LogP) is 0.484. The van der Waals surface area contributed by atoms with Gasteiger partial charge in [0.15, 0.2) is 11.5 Å². The highest BCUT2D eigenvalue weighted by atomic mass is 16.6. The molecular weight excluding hydrogens is 310 g/mol. The van der Waals surface area contributed by atoms with Crippen LogP contribution < -0.4 is 0 Å². The zero-order chi connectivity index (χ0) is 17.1. The molecule has 1 fully saturated rings. The number of carbonyl (C=O) groups excluding carboxylic acids is 1. The molecule has 1 saturated heterocycles. The lowest BCUT2D eigenvalue weighted by Gasteiger charge is -2.32. The van der Waals surface area contributed by atoms with E-state index in [4.69, 9.17) is 5.11 Å². The van der Waals surface area contributed by atoms with Crippen molar-refractivity contribution in [2.45, 2.75) is 0 Å². The molecule has 0 unspecified atom stereocenters. The molecule has 10 heteroatoms. The molecule has 3 N–H and O–H groups in total. The topological polar surface area (TPSA) is 144 Å². The van der Waals surface area contributed by atoms with Gasteiger partial charge in [-0.1, -0.05) is 0 Å². The molecule has 124 valence electrons. The molecule has 10 nitrogen and oxygen atoms in total. The lowest BCUT2D eigenvalue weighted by Crippen LogP contribution is -2.49. The standard InChI is InChI=1S/C13H15N3O7/c17-10-6-8(5-9(12(10)19)16(22)23)11(18)7-14-1-3-15(4-2-14)13(20)21/h5-6,17,19H,1-4,7H2,(H,20,21). The van der Waals surface area contributed by atoms with Gasteiger partial charge in [-0.25, -0.2) is 4.79 Å². The lowest BCUT2D eigenvalue weighted by atomic mass is 10.1. The van der Waals surface area contributed by atoms with Crippen LogP contribution in [0, 0.1) is 10.1 Å². The average Bonchev–Trinajstić information content (AvgIpc) is 2.49. The minimum Gasteiger partial charge on any atom is -0.504 e. The second-order valence-electron chi connectivity index (χ2n) is 5.09. The summed E-state index contributed by atoms with van der Waals surface area (Å²) in [5.41, 5.74) is -0.836. The Kier molecular flexibility index (Phi) is 4.65. The van der Waals surface area contributed by atoms with E-state index < -0.39 is 34.0 Å². The molecule has 1 aromatic rings. The normalized spacial score (nSPS) is 15.4. The Morgan fingerprint density at radius 3 is 2.30 bits per heavy atom. The molecule has 1 aliphatic rings. The number of nitro benzene ring substituents is 1. The molecule has 0 aliphatic carbocycles. The number of piperazine rings is 1. The molecule has 1 aliphatic heterocycles. The summed E-state index contributed by atoms with van der Waals surface area (Å²) < 4.78 is 0. The Labute approximate surface area is 130 Å². The smallest absolute Gasteiger partial charge is 0.407 e. The molecule has 23 heavy (non-hydrogen) atoms. The van der Waals surface area contributed by atoms with Crippen LogP contribution in [-0.2, 0) is 0 Å². The number of nitro groups is 1. The first-order valence-electron chi connectivity index (χ1n) is 6.73. The zero-order valence-corrected chi connectivity index (χ0v) is 12.0. The number of rotatable bonds is 4. The third kappa shape index (κ3) is 3.66. The predicted molar refractivity (Wildman–Crippen MR) is 76.8 cm³/mol. The van der Waals surface area contributed by atoms with Crippen molar-refractivity contribution >= 4 is 17.6 Å². The maximum Gasteiger partial charge on any atom is 0.407 e. The van der Waals surface area contributed by atoms with Crippen LogP contribution in [0.25, 0.3) is 0 Å². The van der Waals surface area contributed by atoms with Crippen molar-refractivity contribution in [1.82, 2.24) is 9.80 Å². The van der Waals surface area contributed by atoms with Gasteiger partial charge in [0.1, 0.15) is 0 Å². The first kappa shape index (κ1) is 16.5. The lowest BCUT2D eigenvalue weighted by molar-refractivity contribution is -0.386. The van der Waals surface area contributed by atoms with E-state index in [1.165, 1.54) is 4.90 Å². The van der Waals surface area contributed by atoms with Crippen LogP contribution in [0.2, 0.25) is 0 Å².